The minimum Gasteiger partial charge on any atom is -0.353 e. The first-order valence-corrected chi connectivity index (χ1v) is 5.33. The van der Waals surface area contributed by atoms with Gasteiger partial charge >= 0.3 is 0 Å². The maximum atomic E-state index is 11.5. The molecule has 3 nitrogen and oxygen atoms in total. The fourth-order valence-corrected chi connectivity index (χ4v) is 2.07. The Morgan fingerprint density at radius 2 is 1.85 bits per heavy atom. The minimum atomic E-state index is 0.127. The lowest BCUT2D eigenvalue weighted by Crippen LogP contribution is -2.38. The van der Waals surface area contributed by atoms with Crippen LogP contribution in [-0.2, 0) is 4.79 Å². The standard InChI is InChI=1S/C10H18N2O/c11-9-6-8(9)10(13)12-7-4-2-1-3-5-7/h7-9H,1-6,11H2,(H,12,13). The maximum Gasteiger partial charge on any atom is 0.224 e. The van der Waals surface area contributed by atoms with E-state index in [4.69, 9.17) is 5.73 Å². The number of nitrogens with two attached hydrogens (primary N) is 1. The largest absolute Gasteiger partial charge is 0.353 e. The van der Waals surface area contributed by atoms with Gasteiger partial charge in [0.1, 0.15) is 0 Å². The van der Waals surface area contributed by atoms with E-state index in [0.717, 1.165) is 19.3 Å². The molecule has 2 fully saturated rings. The molecule has 0 aromatic heterocycles. The number of amides is 1. The van der Waals surface area contributed by atoms with E-state index in [1.165, 1.54) is 19.3 Å². The van der Waals surface area contributed by atoms with Crippen molar-refractivity contribution in [1.29, 1.82) is 0 Å². The van der Waals surface area contributed by atoms with Crippen molar-refractivity contribution in [2.75, 3.05) is 0 Å². The molecule has 0 aromatic carbocycles. The molecule has 0 bridgehead atoms. The molecular weight excluding hydrogens is 164 g/mol. The predicted molar refractivity (Wildman–Crippen MR) is 51.1 cm³/mol. The molecule has 2 atom stereocenters. The molecule has 0 saturated heterocycles. The van der Waals surface area contributed by atoms with Crippen molar-refractivity contribution in [2.24, 2.45) is 11.7 Å². The number of hydrogen-bond donors (Lipinski definition) is 2. The van der Waals surface area contributed by atoms with Crippen molar-refractivity contribution in [3.8, 4) is 0 Å². The molecule has 2 unspecified atom stereocenters. The molecule has 0 aliphatic heterocycles. The average molecular weight is 182 g/mol. The Kier molecular flexibility index (Phi) is 2.54. The van der Waals surface area contributed by atoms with Crippen LogP contribution in [0.4, 0.5) is 0 Å². The molecule has 13 heavy (non-hydrogen) atoms. The Bertz CT molecular complexity index is 199. The second-order valence-electron chi connectivity index (χ2n) is 4.35. The lowest BCUT2D eigenvalue weighted by atomic mass is 9.95. The molecule has 0 heterocycles. The van der Waals surface area contributed by atoms with E-state index >= 15 is 0 Å². The van der Waals surface area contributed by atoms with E-state index < -0.39 is 0 Å². The van der Waals surface area contributed by atoms with E-state index in [9.17, 15) is 4.79 Å². The normalized spacial score (nSPS) is 34.2. The van der Waals surface area contributed by atoms with Gasteiger partial charge in [-0.05, 0) is 19.3 Å². The van der Waals surface area contributed by atoms with E-state index in [0.29, 0.717) is 6.04 Å². The molecule has 2 saturated carbocycles. The van der Waals surface area contributed by atoms with Crippen molar-refractivity contribution < 1.29 is 4.79 Å². The lowest BCUT2D eigenvalue weighted by Gasteiger charge is -2.22. The summed E-state index contributed by atoms with van der Waals surface area (Å²) in [6.45, 7) is 0. The van der Waals surface area contributed by atoms with Gasteiger partial charge in [0, 0.05) is 12.1 Å². The lowest BCUT2D eigenvalue weighted by molar-refractivity contribution is -0.123. The van der Waals surface area contributed by atoms with E-state index in [1.807, 2.05) is 0 Å². The highest BCUT2D eigenvalue weighted by Crippen LogP contribution is 2.28. The number of rotatable bonds is 2. The molecule has 0 aromatic rings. The second kappa shape index (κ2) is 3.66. The molecule has 2 aliphatic rings. The fraction of sp³-hybridized carbons (Fsp3) is 0.900. The van der Waals surface area contributed by atoms with Crippen LogP contribution in [0.5, 0.6) is 0 Å². The van der Waals surface area contributed by atoms with Crippen LogP contribution >= 0.6 is 0 Å². The minimum absolute atomic E-state index is 0.127. The molecule has 2 rings (SSSR count). The van der Waals surface area contributed by atoms with Crippen LogP contribution < -0.4 is 11.1 Å². The van der Waals surface area contributed by atoms with Crippen molar-refractivity contribution in [3.05, 3.63) is 0 Å². The summed E-state index contributed by atoms with van der Waals surface area (Å²) in [5.74, 6) is 0.321. The quantitative estimate of drug-likeness (QED) is 0.663. The van der Waals surface area contributed by atoms with Gasteiger partial charge in [0.2, 0.25) is 5.91 Å². The fourth-order valence-electron chi connectivity index (χ4n) is 2.07. The Morgan fingerprint density at radius 3 is 2.38 bits per heavy atom. The van der Waals surface area contributed by atoms with Gasteiger partial charge in [-0.15, -0.1) is 0 Å². The maximum absolute atomic E-state index is 11.5. The summed E-state index contributed by atoms with van der Waals surface area (Å²) in [5.41, 5.74) is 5.61. The van der Waals surface area contributed by atoms with Gasteiger partial charge in [-0.2, -0.15) is 0 Å². The van der Waals surface area contributed by atoms with Crippen molar-refractivity contribution in [2.45, 2.75) is 50.6 Å². The van der Waals surface area contributed by atoms with Crippen LogP contribution in [0.15, 0.2) is 0 Å². The van der Waals surface area contributed by atoms with Gasteiger partial charge in [-0.3, -0.25) is 4.79 Å². The summed E-state index contributed by atoms with van der Waals surface area (Å²) in [4.78, 5) is 11.5. The number of nitrogens with one attached hydrogen (secondary N) is 1. The zero-order chi connectivity index (χ0) is 9.26. The summed E-state index contributed by atoms with van der Waals surface area (Å²) < 4.78 is 0. The van der Waals surface area contributed by atoms with Gasteiger partial charge < -0.3 is 11.1 Å². The van der Waals surface area contributed by atoms with Crippen LogP contribution in [0, 0.1) is 5.92 Å². The highest BCUT2D eigenvalue weighted by Gasteiger charge is 2.40. The van der Waals surface area contributed by atoms with Gasteiger partial charge in [-0.25, -0.2) is 0 Å². The highest BCUT2D eigenvalue weighted by molar-refractivity contribution is 5.82. The van der Waals surface area contributed by atoms with Gasteiger partial charge in [0.15, 0.2) is 0 Å². The smallest absolute Gasteiger partial charge is 0.224 e. The van der Waals surface area contributed by atoms with Crippen LogP contribution in [0.1, 0.15) is 38.5 Å². The third-order valence-electron chi connectivity index (χ3n) is 3.13. The topological polar surface area (TPSA) is 55.1 Å². The SMILES string of the molecule is NC1CC1C(=O)NC1CCCCC1. The zero-order valence-electron chi connectivity index (χ0n) is 7.96. The third kappa shape index (κ3) is 2.21. The molecule has 3 heteroatoms. The van der Waals surface area contributed by atoms with Crippen molar-refractivity contribution in [1.82, 2.24) is 5.32 Å². The molecule has 1 amide bonds. The zero-order valence-corrected chi connectivity index (χ0v) is 7.96. The Hall–Kier alpha value is -0.570. The van der Waals surface area contributed by atoms with Crippen LogP contribution in [-0.4, -0.2) is 18.0 Å². The first-order valence-electron chi connectivity index (χ1n) is 5.33. The highest BCUT2D eigenvalue weighted by atomic mass is 16.2. The Balaban J connectivity index is 1.73. The molecular formula is C10H18N2O. The van der Waals surface area contributed by atoms with Crippen LogP contribution in [0.25, 0.3) is 0 Å². The Morgan fingerprint density at radius 1 is 1.23 bits per heavy atom. The molecule has 0 spiro atoms. The summed E-state index contributed by atoms with van der Waals surface area (Å²) >= 11 is 0. The first-order chi connectivity index (χ1) is 6.27. The van der Waals surface area contributed by atoms with Crippen molar-refractivity contribution >= 4 is 5.91 Å². The molecule has 0 radical (unpaired) electrons. The number of carbonyl (C=O) groups is 1. The third-order valence-corrected chi connectivity index (χ3v) is 3.13. The van der Waals surface area contributed by atoms with Crippen LogP contribution in [0.3, 0.4) is 0 Å². The summed E-state index contributed by atoms with van der Waals surface area (Å²) in [5, 5.41) is 3.09. The van der Waals surface area contributed by atoms with Crippen molar-refractivity contribution in [3.63, 3.8) is 0 Å². The van der Waals surface area contributed by atoms with Crippen LogP contribution in [0.2, 0.25) is 0 Å². The first kappa shape index (κ1) is 9.00. The van der Waals surface area contributed by atoms with Gasteiger partial charge in [-0.1, -0.05) is 19.3 Å². The number of hydrogen-bond acceptors (Lipinski definition) is 2. The monoisotopic (exact) mass is 182 g/mol. The predicted octanol–water partition coefficient (Wildman–Crippen LogP) is 0.782. The summed E-state index contributed by atoms with van der Waals surface area (Å²) in [6, 6.07) is 0.581. The van der Waals surface area contributed by atoms with Gasteiger partial charge in [0.25, 0.3) is 0 Å². The molecule has 74 valence electrons. The summed E-state index contributed by atoms with van der Waals surface area (Å²) in [7, 11) is 0. The number of carbonyl (C=O) groups excluding carboxylic acids is 1. The average Bonchev–Trinajstić information content (AvgIpc) is 2.84. The van der Waals surface area contributed by atoms with E-state index in [-0.39, 0.29) is 17.9 Å². The Labute approximate surface area is 79.1 Å². The molecule has 2 aliphatic carbocycles. The van der Waals surface area contributed by atoms with E-state index in [1.54, 1.807) is 0 Å². The summed E-state index contributed by atoms with van der Waals surface area (Å²) in [6.07, 6.45) is 7.07. The van der Waals surface area contributed by atoms with Gasteiger partial charge in [0.05, 0.1) is 5.92 Å². The second-order valence-corrected chi connectivity index (χ2v) is 4.35. The molecule has 3 N–H and O–H groups in total. The van der Waals surface area contributed by atoms with E-state index in [2.05, 4.69) is 5.32 Å².